The molecule has 0 amide bonds. The number of amidine groups is 1. The summed E-state index contributed by atoms with van der Waals surface area (Å²) >= 11 is 6.44. The van der Waals surface area contributed by atoms with Gasteiger partial charge in [0.2, 0.25) is 0 Å². The van der Waals surface area contributed by atoms with Gasteiger partial charge in [-0.1, -0.05) is 18.0 Å². The van der Waals surface area contributed by atoms with E-state index in [1.165, 1.54) is 17.0 Å². The largest absolute Gasteiger partial charge is 0.404 e. The van der Waals surface area contributed by atoms with Crippen LogP contribution in [0, 0.1) is 0 Å². The monoisotopic (exact) mass is 522 g/mol. The molecule has 5 rings (SSSR count). The zero-order chi connectivity index (χ0) is 25.7. The van der Waals surface area contributed by atoms with Crippen molar-refractivity contribution in [1.82, 2.24) is 24.3 Å². The Morgan fingerprint density at radius 3 is 2.72 bits per heavy atom. The van der Waals surface area contributed by atoms with Crippen LogP contribution in [0.3, 0.4) is 0 Å². The van der Waals surface area contributed by atoms with Gasteiger partial charge >= 0.3 is 6.18 Å². The Hall–Kier alpha value is -3.41. The fraction of sp³-hybridized carbons (Fsp3) is 0.391. The van der Waals surface area contributed by atoms with E-state index in [9.17, 15) is 17.6 Å². The molecule has 36 heavy (non-hydrogen) atoms. The number of aliphatic imine (C=N–C) groups is 1. The molecule has 1 aliphatic carbocycles. The van der Waals surface area contributed by atoms with E-state index in [1.54, 1.807) is 36.0 Å². The molecule has 1 saturated carbocycles. The fourth-order valence-corrected chi connectivity index (χ4v) is 5.06. The number of rotatable bonds is 5. The molecule has 0 saturated heterocycles. The Morgan fingerprint density at radius 2 is 2.11 bits per heavy atom. The predicted octanol–water partition coefficient (Wildman–Crippen LogP) is 4.88. The average molecular weight is 523 g/mol. The van der Waals surface area contributed by atoms with Crippen molar-refractivity contribution < 1.29 is 17.6 Å². The smallest absolute Gasteiger partial charge is 0.401 e. The number of fused-ring (bicyclic) bond motifs is 3. The maximum absolute atomic E-state index is 14.1. The highest BCUT2D eigenvalue weighted by Gasteiger charge is 2.62. The first kappa shape index (κ1) is 24.3. The number of nitrogens with one attached hydrogen (secondary N) is 1. The minimum atomic E-state index is -4.49. The molecule has 3 aromatic rings. The third-order valence-electron chi connectivity index (χ3n) is 6.87. The lowest BCUT2D eigenvalue weighted by Gasteiger charge is -2.43. The SMILES string of the molecule is CN=C(C=CN)Nc1cc(-c2cc3n(c2)C[C@H](CF)n2c-3nnc2C2(C(F)(F)F)CCC2)c(Cl)cn1. The zero-order valence-corrected chi connectivity index (χ0v) is 20.0. The maximum atomic E-state index is 14.1. The van der Waals surface area contributed by atoms with Crippen LogP contribution in [0.15, 0.2) is 41.8 Å². The van der Waals surface area contributed by atoms with E-state index >= 15 is 0 Å². The van der Waals surface area contributed by atoms with Gasteiger partial charge in [0.05, 0.1) is 16.8 Å². The van der Waals surface area contributed by atoms with Crippen molar-refractivity contribution in [3.63, 3.8) is 0 Å². The lowest BCUT2D eigenvalue weighted by Crippen LogP contribution is -2.50. The summed E-state index contributed by atoms with van der Waals surface area (Å²) in [6.45, 7) is -0.712. The Balaban J connectivity index is 1.57. The second-order valence-corrected chi connectivity index (χ2v) is 9.27. The molecule has 190 valence electrons. The molecule has 0 aromatic carbocycles. The van der Waals surface area contributed by atoms with Gasteiger partial charge in [-0.15, -0.1) is 10.2 Å². The first-order valence-electron chi connectivity index (χ1n) is 11.3. The first-order chi connectivity index (χ1) is 17.2. The first-order valence-corrected chi connectivity index (χ1v) is 11.7. The van der Waals surface area contributed by atoms with Gasteiger partial charge in [-0.3, -0.25) is 4.99 Å². The highest BCUT2D eigenvalue weighted by Crippen LogP contribution is 2.55. The predicted molar refractivity (Wildman–Crippen MR) is 129 cm³/mol. The van der Waals surface area contributed by atoms with Crippen molar-refractivity contribution in [3.05, 3.63) is 47.6 Å². The number of alkyl halides is 4. The number of nitrogens with two attached hydrogens (primary N) is 1. The van der Waals surface area contributed by atoms with E-state index in [0.29, 0.717) is 39.9 Å². The normalized spacial score (nSPS) is 19.2. The van der Waals surface area contributed by atoms with Crippen LogP contribution in [0.1, 0.15) is 31.1 Å². The van der Waals surface area contributed by atoms with Crippen molar-refractivity contribution >= 4 is 23.3 Å². The van der Waals surface area contributed by atoms with Gasteiger partial charge in [-0.2, -0.15) is 13.2 Å². The quantitative estimate of drug-likeness (QED) is 0.282. The molecule has 3 aromatic heterocycles. The van der Waals surface area contributed by atoms with Crippen LogP contribution < -0.4 is 11.1 Å². The van der Waals surface area contributed by atoms with Crippen LogP contribution in [0.4, 0.5) is 23.4 Å². The maximum Gasteiger partial charge on any atom is 0.401 e. The summed E-state index contributed by atoms with van der Waals surface area (Å²) in [6, 6.07) is 2.63. The molecule has 2 aliphatic rings. The molecule has 0 bridgehead atoms. The van der Waals surface area contributed by atoms with E-state index in [4.69, 9.17) is 17.3 Å². The van der Waals surface area contributed by atoms with Gasteiger partial charge in [-0.05, 0) is 37.3 Å². The van der Waals surface area contributed by atoms with Crippen molar-refractivity contribution in [3.8, 4) is 22.6 Å². The zero-order valence-electron chi connectivity index (χ0n) is 19.2. The van der Waals surface area contributed by atoms with Crippen LogP contribution in [-0.2, 0) is 12.0 Å². The van der Waals surface area contributed by atoms with E-state index in [0.717, 1.165) is 0 Å². The van der Waals surface area contributed by atoms with E-state index < -0.39 is 24.3 Å². The van der Waals surface area contributed by atoms with Gasteiger partial charge in [0.15, 0.2) is 5.82 Å². The molecule has 0 radical (unpaired) electrons. The number of nitrogens with zero attached hydrogens (tertiary/aromatic N) is 6. The summed E-state index contributed by atoms with van der Waals surface area (Å²) < 4.78 is 59.4. The topological polar surface area (TPSA) is 98.9 Å². The molecule has 1 atom stereocenters. The van der Waals surface area contributed by atoms with Gasteiger partial charge in [0, 0.05) is 37.1 Å². The second-order valence-electron chi connectivity index (χ2n) is 8.87. The molecule has 1 fully saturated rings. The summed E-state index contributed by atoms with van der Waals surface area (Å²) in [5.74, 6) is 0.940. The summed E-state index contributed by atoms with van der Waals surface area (Å²) in [4.78, 5) is 8.33. The minimum absolute atomic E-state index is 0.0787. The number of anilines is 1. The molecule has 3 N–H and O–H groups in total. The van der Waals surface area contributed by atoms with Crippen molar-refractivity contribution in [2.75, 3.05) is 19.0 Å². The van der Waals surface area contributed by atoms with E-state index in [-0.39, 0.29) is 31.0 Å². The number of aromatic nitrogens is 5. The minimum Gasteiger partial charge on any atom is -0.404 e. The number of hydrogen-bond acceptors (Lipinski definition) is 5. The summed E-state index contributed by atoms with van der Waals surface area (Å²) in [5, 5.41) is 11.5. The Labute approximate surface area is 208 Å². The highest BCUT2D eigenvalue weighted by molar-refractivity contribution is 6.33. The van der Waals surface area contributed by atoms with Crippen LogP contribution in [0.5, 0.6) is 0 Å². The molecular weight excluding hydrogens is 500 g/mol. The Morgan fingerprint density at radius 1 is 1.33 bits per heavy atom. The van der Waals surface area contributed by atoms with E-state index in [2.05, 4.69) is 25.5 Å². The summed E-state index contributed by atoms with van der Waals surface area (Å²) in [7, 11) is 1.60. The number of hydrogen-bond donors (Lipinski definition) is 2. The van der Waals surface area contributed by atoms with Crippen molar-refractivity contribution in [2.24, 2.45) is 10.7 Å². The van der Waals surface area contributed by atoms with Gasteiger partial charge in [0.1, 0.15) is 29.6 Å². The third kappa shape index (κ3) is 3.74. The molecule has 4 heterocycles. The second kappa shape index (κ2) is 8.91. The van der Waals surface area contributed by atoms with Crippen molar-refractivity contribution in [2.45, 2.75) is 43.4 Å². The molecule has 0 spiro atoms. The fourth-order valence-electron chi connectivity index (χ4n) is 4.85. The Bertz CT molecular complexity index is 1350. The number of halogens is 5. The lowest BCUT2D eigenvalue weighted by molar-refractivity contribution is -0.216. The molecular formula is C23H23ClF4N8. The number of pyridine rings is 1. The summed E-state index contributed by atoms with van der Waals surface area (Å²) in [6.07, 6.45) is 1.95. The lowest BCUT2D eigenvalue weighted by atomic mass is 9.67. The van der Waals surface area contributed by atoms with Crippen molar-refractivity contribution in [1.29, 1.82) is 0 Å². The molecule has 1 aliphatic heterocycles. The van der Waals surface area contributed by atoms with Gasteiger partial charge in [0.25, 0.3) is 0 Å². The average Bonchev–Trinajstić information content (AvgIpc) is 3.42. The molecule has 0 unspecified atom stereocenters. The molecule has 8 nitrogen and oxygen atoms in total. The van der Waals surface area contributed by atoms with Crippen LogP contribution in [-0.4, -0.2) is 50.0 Å². The summed E-state index contributed by atoms with van der Waals surface area (Å²) in [5.41, 5.74) is 5.18. The van der Waals surface area contributed by atoms with Crippen LogP contribution in [0.2, 0.25) is 5.02 Å². The van der Waals surface area contributed by atoms with Crippen LogP contribution >= 0.6 is 11.6 Å². The van der Waals surface area contributed by atoms with Gasteiger partial charge in [-0.25, -0.2) is 9.37 Å². The third-order valence-corrected chi connectivity index (χ3v) is 7.17. The van der Waals surface area contributed by atoms with E-state index in [1.807, 2.05) is 0 Å². The molecule has 13 heteroatoms. The highest BCUT2D eigenvalue weighted by atomic mass is 35.5. The standard InChI is InChI=1S/C23H23ClF4N8/c1-30-18(3-6-29)32-19-8-15(16(24)10-31-19)13-7-17-20-33-34-21(22(4-2-5-22)23(26,27)28)36(20)14(9-25)12-35(17)11-13/h3,6-8,10-11,14H,2,4-5,9,12,29H2,1H3,(H,30,31,32)/t14-/m0/s1. The Kier molecular flexibility index (Phi) is 6.01. The van der Waals surface area contributed by atoms with Crippen LogP contribution in [0.25, 0.3) is 22.6 Å². The van der Waals surface area contributed by atoms with Gasteiger partial charge < -0.3 is 20.2 Å².